The van der Waals surface area contributed by atoms with Crippen molar-refractivity contribution in [3.8, 4) is 0 Å². The van der Waals surface area contributed by atoms with E-state index in [1.807, 2.05) is 11.8 Å². The number of hydrogen-bond donors (Lipinski definition) is 7. The Kier molecular flexibility index (Phi) is 16.4. The van der Waals surface area contributed by atoms with Crippen molar-refractivity contribution < 1.29 is 51.4 Å². The highest BCUT2D eigenvalue weighted by molar-refractivity contribution is 8.00. The molecule has 0 spiro atoms. The zero-order chi connectivity index (χ0) is 37.4. The van der Waals surface area contributed by atoms with Gasteiger partial charge in [0.05, 0.1) is 38.5 Å². The molecular formula is C33H48F3N7O8S. The van der Waals surface area contributed by atoms with E-state index >= 15 is 0 Å². The molecule has 3 aliphatic rings. The van der Waals surface area contributed by atoms with Gasteiger partial charge in [-0.1, -0.05) is 18.6 Å². The van der Waals surface area contributed by atoms with E-state index in [1.165, 1.54) is 12.1 Å². The molecule has 0 saturated carbocycles. The average molecular weight is 760 g/mol. The van der Waals surface area contributed by atoms with E-state index in [1.54, 1.807) is 0 Å². The summed E-state index contributed by atoms with van der Waals surface area (Å²) in [4.78, 5) is 59.8. The second-order valence-corrected chi connectivity index (χ2v) is 13.8. The molecule has 7 N–H and O–H groups in total. The van der Waals surface area contributed by atoms with Gasteiger partial charge in [-0.15, -0.1) is 0 Å². The first-order valence-corrected chi connectivity index (χ1v) is 18.5. The topological polar surface area (TPSA) is 217 Å². The highest BCUT2D eigenvalue weighted by Gasteiger charge is 2.65. The average Bonchev–Trinajstić information content (AvgIpc) is 3.76. The van der Waals surface area contributed by atoms with Crippen molar-refractivity contribution in [3.63, 3.8) is 0 Å². The van der Waals surface area contributed by atoms with Crippen molar-refractivity contribution in [3.05, 3.63) is 35.4 Å². The summed E-state index contributed by atoms with van der Waals surface area (Å²) in [5.74, 6) is -0.317. The normalized spacial score (nSPS) is 20.7. The zero-order valence-electron chi connectivity index (χ0n) is 28.8. The number of rotatable bonds is 25. The molecule has 0 aliphatic carbocycles. The monoisotopic (exact) mass is 759 g/mol. The number of ether oxygens (including phenoxy) is 3. The molecule has 0 unspecified atom stereocenters. The molecule has 1 aromatic rings. The summed E-state index contributed by atoms with van der Waals surface area (Å²) in [5, 5.41) is 14.3. The Bertz CT molecular complexity index is 1340. The molecular weight excluding hydrogens is 711 g/mol. The minimum Gasteiger partial charge on any atom is -0.379 e. The fourth-order valence-electron chi connectivity index (χ4n) is 5.77. The van der Waals surface area contributed by atoms with Crippen molar-refractivity contribution >= 4 is 41.8 Å². The molecule has 5 amide bonds. The van der Waals surface area contributed by atoms with Crippen LogP contribution in [0.3, 0.4) is 0 Å². The molecule has 3 heterocycles. The Morgan fingerprint density at radius 1 is 0.904 bits per heavy atom. The Labute approximate surface area is 304 Å². The van der Waals surface area contributed by atoms with Crippen LogP contribution in [-0.2, 0) is 34.3 Å². The third-order valence-corrected chi connectivity index (χ3v) is 10.2. The number of nitrogens with one attached hydrogen (secondary N) is 7. The molecule has 290 valence electrons. The largest absolute Gasteiger partial charge is 0.426 e. The maximum absolute atomic E-state index is 13.2. The van der Waals surface area contributed by atoms with Crippen LogP contribution in [0, 0.1) is 0 Å². The molecule has 3 fully saturated rings. The van der Waals surface area contributed by atoms with E-state index in [0.717, 1.165) is 37.1 Å². The van der Waals surface area contributed by atoms with Crippen molar-refractivity contribution in [1.82, 2.24) is 37.4 Å². The highest BCUT2D eigenvalue weighted by atomic mass is 32.2. The predicted molar refractivity (Wildman–Crippen MR) is 184 cm³/mol. The van der Waals surface area contributed by atoms with Crippen LogP contribution in [-0.4, -0.2) is 118 Å². The number of thioether (sulfide) groups is 1. The molecule has 0 radical (unpaired) electrons. The van der Waals surface area contributed by atoms with Crippen LogP contribution in [0.15, 0.2) is 24.3 Å². The lowest BCUT2D eigenvalue weighted by Crippen LogP contribution is -2.47. The van der Waals surface area contributed by atoms with Gasteiger partial charge in [0, 0.05) is 55.7 Å². The van der Waals surface area contributed by atoms with Gasteiger partial charge in [-0.05, 0) is 43.4 Å². The Morgan fingerprint density at radius 2 is 1.54 bits per heavy atom. The molecule has 52 heavy (non-hydrogen) atoms. The number of urea groups is 1. The fourth-order valence-corrected chi connectivity index (χ4v) is 7.31. The van der Waals surface area contributed by atoms with Crippen molar-refractivity contribution in [2.45, 2.75) is 80.2 Å². The standard InChI is InChI=1S/C33H48F3N7O8S/c34-33(35,36)32(42-43-32)23-9-7-22(8-10-23)29(46)39-24(11-14-44)30(47)38-13-4-16-50-18-20-51-19-17-49-15-3-12-37-27(45)6-2-1-5-26-28-25(21-52-26)40-31(48)41-28/h7-10,14,24-26,28,42-43H,1-6,11-13,15-21H2,(H,37,45)(H,38,47)(H,39,46)(H2,40,41,48)/t24-,25+,26+,28+/m1/s1. The summed E-state index contributed by atoms with van der Waals surface area (Å²) in [6, 6.07) is 3.91. The number of aldehydes is 1. The number of alkyl halides is 3. The summed E-state index contributed by atoms with van der Waals surface area (Å²) in [6.07, 6.45) is 0.0312. The van der Waals surface area contributed by atoms with Gasteiger partial charge in [0.2, 0.25) is 17.5 Å². The summed E-state index contributed by atoms with van der Waals surface area (Å²) in [6.45, 7) is 3.11. The summed E-state index contributed by atoms with van der Waals surface area (Å²) in [5.41, 5.74) is 1.72. The maximum Gasteiger partial charge on any atom is 0.426 e. The van der Waals surface area contributed by atoms with Gasteiger partial charge in [-0.2, -0.15) is 24.9 Å². The maximum atomic E-state index is 13.2. The number of hydrogen-bond acceptors (Lipinski definition) is 11. The molecule has 3 saturated heterocycles. The van der Waals surface area contributed by atoms with E-state index < -0.39 is 29.7 Å². The Balaban J connectivity index is 0.924. The van der Waals surface area contributed by atoms with Crippen LogP contribution in [0.5, 0.6) is 0 Å². The van der Waals surface area contributed by atoms with E-state index in [-0.39, 0.29) is 48.1 Å². The molecule has 0 aromatic heterocycles. The van der Waals surface area contributed by atoms with E-state index in [9.17, 15) is 37.1 Å². The number of carbonyl (C=O) groups is 5. The summed E-state index contributed by atoms with van der Waals surface area (Å²) < 4.78 is 56.2. The highest BCUT2D eigenvalue weighted by Crippen LogP contribution is 2.42. The summed E-state index contributed by atoms with van der Waals surface area (Å²) >= 11 is 1.88. The smallest absolute Gasteiger partial charge is 0.379 e. The van der Waals surface area contributed by atoms with Crippen LogP contribution >= 0.6 is 11.8 Å². The molecule has 4 atom stereocenters. The van der Waals surface area contributed by atoms with Crippen LogP contribution in [0.25, 0.3) is 0 Å². The van der Waals surface area contributed by atoms with Crippen molar-refractivity contribution in [1.29, 1.82) is 0 Å². The van der Waals surface area contributed by atoms with Crippen molar-refractivity contribution in [2.75, 3.05) is 58.5 Å². The van der Waals surface area contributed by atoms with Gasteiger partial charge < -0.3 is 45.6 Å². The molecule has 4 rings (SSSR count). The number of unbranched alkanes of at least 4 members (excludes halogenated alkanes) is 1. The molecule has 3 aliphatic heterocycles. The SMILES string of the molecule is O=CC[C@@H](NC(=O)c1ccc(C2(C(F)(F)F)NN2)cc1)C(=O)NCCCOCCOCCOCCCNC(=O)CCCC[C@@H]1SC[C@@H]2NC(=O)N[C@@H]21. The van der Waals surface area contributed by atoms with Gasteiger partial charge in [-0.25, -0.2) is 15.6 Å². The third kappa shape index (κ3) is 12.6. The van der Waals surface area contributed by atoms with Crippen molar-refractivity contribution in [2.24, 2.45) is 0 Å². The number of amides is 5. The third-order valence-electron chi connectivity index (χ3n) is 8.71. The van der Waals surface area contributed by atoms with Crippen LogP contribution in [0.4, 0.5) is 18.0 Å². The second-order valence-electron chi connectivity index (χ2n) is 12.6. The number of halogens is 3. The Hall–Kier alpha value is -3.49. The Morgan fingerprint density at radius 3 is 2.15 bits per heavy atom. The minimum atomic E-state index is -4.58. The lowest BCUT2D eigenvalue weighted by Gasteiger charge is -2.18. The number of fused-ring (bicyclic) bond motifs is 1. The fraction of sp³-hybridized carbons (Fsp3) is 0.667. The van der Waals surface area contributed by atoms with Gasteiger partial charge in [0.15, 0.2) is 0 Å². The van der Waals surface area contributed by atoms with E-state index in [4.69, 9.17) is 14.2 Å². The molecule has 15 nitrogen and oxygen atoms in total. The van der Waals surface area contributed by atoms with Gasteiger partial charge in [-0.3, -0.25) is 14.4 Å². The van der Waals surface area contributed by atoms with Crippen LogP contribution in [0.2, 0.25) is 0 Å². The lowest BCUT2D eigenvalue weighted by molar-refractivity contribution is -0.165. The first kappa shape index (κ1) is 41.3. The van der Waals surface area contributed by atoms with Gasteiger partial charge in [0.25, 0.3) is 5.91 Å². The number of hydrazine groups is 1. The second kappa shape index (κ2) is 20.7. The van der Waals surface area contributed by atoms with Crippen LogP contribution in [0.1, 0.15) is 60.9 Å². The zero-order valence-corrected chi connectivity index (χ0v) is 29.6. The number of carbonyl (C=O) groups excluding carboxylic acids is 5. The number of benzene rings is 1. The van der Waals surface area contributed by atoms with E-state index in [0.29, 0.717) is 77.0 Å². The molecule has 19 heteroatoms. The van der Waals surface area contributed by atoms with Gasteiger partial charge in [0.1, 0.15) is 12.3 Å². The van der Waals surface area contributed by atoms with Crippen LogP contribution < -0.4 is 37.4 Å². The predicted octanol–water partition coefficient (Wildman–Crippen LogP) is 0.985. The molecule has 0 bridgehead atoms. The lowest BCUT2D eigenvalue weighted by atomic mass is 10.0. The minimum absolute atomic E-state index is 0.0316. The van der Waals surface area contributed by atoms with E-state index in [2.05, 4.69) is 37.4 Å². The quantitative estimate of drug-likeness (QED) is 0.0323. The van der Waals surface area contributed by atoms with Gasteiger partial charge >= 0.3 is 12.2 Å². The first-order chi connectivity index (χ1) is 25.0. The first-order valence-electron chi connectivity index (χ1n) is 17.5. The molecule has 1 aromatic carbocycles. The summed E-state index contributed by atoms with van der Waals surface area (Å²) in [7, 11) is 0.